The summed E-state index contributed by atoms with van der Waals surface area (Å²) in [6.45, 7) is 2.24. The Hall–Kier alpha value is -1.93. The highest BCUT2D eigenvalue weighted by Crippen LogP contribution is 2.15. The Bertz CT molecular complexity index is 732. The summed E-state index contributed by atoms with van der Waals surface area (Å²) in [7, 11) is -1.93. The summed E-state index contributed by atoms with van der Waals surface area (Å²) in [5.74, 6) is 0.607. The van der Waals surface area contributed by atoms with E-state index in [1.54, 1.807) is 19.2 Å². The average Bonchev–Trinajstić information content (AvgIpc) is 2.66. The molecular weight excluding hydrogens is 354 g/mol. The fraction of sp³-hybridized carbons (Fsp3) is 0.368. The molecule has 0 bridgehead atoms. The molecule has 6 nitrogen and oxygen atoms in total. The number of rotatable bonds is 12. The van der Waals surface area contributed by atoms with Crippen LogP contribution in [0, 0.1) is 0 Å². The summed E-state index contributed by atoms with van der Waals surface area (Å²) in [6, 6.07) is 16.2. The van der Waals surface area contributed by atoms with Crippen LogP contribution in [0.1, 0.15) is 12.0 Å². The molecule has 7 heteroatoms. The van der Waals surface area contributed by atoms with Crippen molar-refractivity contribution in [2.45, 2.75) is 17.9 Å². The maximum Gasteiger partial charge on any atom is 0.240 e. The monoisotopic (exact) mass is 379 g/mol. The van der Waals surface area contributed by atoms with E-state index >= 15 is 0 Å². The Morgan fingerprint density at radius 3 is 2.35 bits per heavy atom. The maximum absolute atomic E-state index is 12.2. The van der Waals surface area contributed by atoms with Gasteiger partial charge in [-0.25, -0.2) is 13.1 Å². The third-order valence-electron chi connectivity index (χ3n) is 3.56. The molecule has 0 saturated carbocycles. The van der Waals surface area contributed by atoms with Gasteiger partial charge in [-0.1, -0.05) is 30.3 Å². The van der Waals surface area contributed by atoms with Crippen LogP contribution >= 0.6 is 0 Å². The Labute approximate surface area is 155 Å². The molecule has 0 heterocycles. The van der Waals surface area contributed by atoms with Crippen molar-refractivity contribution in [1.82, 2.24) is 4.72 Å². The highest BCUT2D eigenvalue weighted by molar-refractivity contribution is 7.89. The molecule has 26 heavy (non-hydrogen) atoms. The normalized spacial score (nSPS) is 11.4. The van der Waals surface area contributed by atoms with Gasteiger partial charge in [0.15, 0.2) is 0 Å². The molecular formula is C19H25NO5S. The first-order valence-electron chi connectivity index (χ1n) is 8.45. The van der Waals surface area contributed by atoms with Crippen LogP contribution in [0.2, 0.25) is 0 Å². The fourth-order valence-corrected chi connectivity index (χ4v) is 3.26. The molecule has 0 amide bonds. The summed E-state index contributed by atoms with van der Waals surface area (Å²) >= 11 is 0. The molecule has 0 aliphatic carbocycles. The topological polar surface area (TPSA) is 73.9 Å². The first-order valence-corrected chi connectivity index (χ1v) is 9.93. The number of ether oxygens (including phenoxy) is 3. The van der Waals surface area contributed by atoms with Gasteiger partial charge in [0.05, 0.1) is 18.1 Å². The average molecular weight is 379 g/mol. The molecule has 2 aromatic carbocycles. The summed E-state index contributed by atoms with van der Waals surface area (Å²) in [6.07, 6.45) is 0.601. The zero-order valence-corrected chi connectivity index (χ0v) is 15.7. The molecule has 0 aliphatic heterocycles. The van der Waals surface area contributed by atoms with E-state index in [1.165, 1.54) is 12.1 Å². The lowest BCUT2D eigenvalue weighted by Crippen LogP contribution is -2.25. The number of hydrogen-bond acceptors (Lipinski definition) is 5. The minimum atomic E-state index is -3.53. The van der Waals surface area contributed by atoms with Crippen LogP contribution in [0.15, 0.2) is 59.5 Å². The van der Waals surface area contributed by atoms with E-state index in [9.17, 15) is 8.42 Å². The van der Waals surface area contributed by atoms with Gasteiger partial charge in [0.2, 0.25) is 10.0 Å². The van der Waals surface area contributed by atoms with E-state index in [4.69, 9.17) is 14.2 Å². The molecule has 2 rings (SSSR count). The Morgan fingerprint density at radius 2 is 1.65 bits per heavy atom. The van der Waals surface area contributed by atoms with Crippen molar-refractivity contribution < 1.29 is 22.6 Å². The second kappa shape index (κ2) is 10.9. The van der Waals surface area contributed by atoms with E-state index in [1.807, 2.05) is 30.3 Å². The summed E-state index contributed by atoms with van der Waals surface area (Å²) in [5.41, 5.74) is 1.10. The lowest BCUT2D eigenvalue weighted by Gasteiger charge is -2.09. The second-order valence-electron chi connectivity index (χ2n) is 5.60. The predicted molar refractivity (Wildman–Crippen MR) is 99.7 cm³/mol. The summed E-state index contributed by atoms with van der Waals surface area (Å²) in [4.78, 5) is 0.210. The van der Waals surface area contributed by atoms with Crippen molar-refractivity contribution in [1.29, 1.82) is 0 Å². The van der Waals surface area contributed by atoms with Crippen LogP contribution in [-0.2, 0) is 26.1 Å². The minimum Gasteiger partial charge on any atom is -0.491 e. The molecule has 0 saturated heterocycles. The molecule has 0 unspecified atom stereocenters. The van der Waals surface area contributed by atoms with Gasteiger partial charge in [-0.05, 0) is 36.2 Å². The van der Waals surface area contributed by atoms with E-state index in [-0.39, 0.29) is 4.90 Å². The van der Waals surface area contributed by atoms with Crippen LogP contribution in [0.4, 0.5) is 0 Å². The van der Waals surface area contributed by atoms with Crippen molar-refractivity contribution in [3.05, 3.63) is 60.2 Å². The Morgan fingerprint density at radius 1 is 0.923 bits per heavy atom. The van der Waals surface area contributed by atoms with Gasteiger partial charge in [0.1, 0.15) is 12.4 Å². The maximum atomic E-state index is 12.2. The van der Waals surface area contributed by atoms with Crippen LogP contribution in [-0.4, -0.2) is 41.9 Å². The van der Waals surface area contributed by atoms with E-state index in [0.29, 0.717) is 45.1 Å². The first-order chi connectivity index (χ1) is 12.6. The first kappa shape index (κ1) is 20.4. The minimum absolute atomic E-state index is 0.210. The van der Waals surface area contributed by atoms with E-state index in [0.717, 1.165) is 5.56 Å². The number of benzene rings is 2. The molecule has 1 N–H and O–H groups in total. The number of hydrogen-bond donors (Lipinski definition) is 1. The molecule has 0 aliphatic rings. The quantitative estimate of drug-likeness (QED) is 0.574. The lowest BCUT2D eigenvalue weighted by atomic mass is 10.2. The molecule has 0 atom stereocenters. The molecule has 0 spiro atoms. The summed E-state index contributed by atoms with van der Waals surface area (Å²) in [5, 5.41) is 0. The number of sulfonamides is 1. The predicted octanol–water partition coefficient (Wildman–Crippen LogP) is 2.60. The van der Waals surface area contributed by atoms with Crippen molar-refractivity contribution in [2.24, 2.45) is 0 Å². The van der Waals surface area contributed by atoms with Crippen molar-refractivity contribution in [3.8, 4) is 5.75 Å². The zero-order valence-electron chi connectivity index (χ0n) is 14.9. The largest absolute Gasteiger partial charge is 0.491 e. The van der Waals surface area contributed by atoms with E-state index < -0.39 is 10.0 Å². The molecule has 0 aromatic heterocycles. The van der Waals surface area contributed by atoms with Gasteiger partial charge in [-0.3, -0.25) is 0 Å². The van der Waals surface area contributed by atoms with Crippen molar-refractivity contribution >= 4 is 10.0 Å². The zero-order chi connectivity index (χ0) is 18.7. The molecule has 142 valence electrons. The third kappa shape index (κ3) is 7.13. The number of nitrogens with one attached hydrogen (secondary N) is 1. The Kier molecular flexibility index (Phi) is 8.57. The van der Waals surface area contributed by atoms with E-state index in [2.05, 4.69) is 4.72 Å². The van der Waals surface area contributed by atoms with Crippen LogP contribution in [0.3, 0.4) is 0 Å². The van der Waals surface area contributed by atoms with Gasteiger partial charge in [0.25, 0.3) is 0 Å². The SMILES string of the molecule is COCCOc1ccc(S(=O)(=O)NCCCOCc2ccccc2)cc1. The van der Waals surface area contributed by atoms with Crippen molar-refractivity contribution in [2.75, 3.05) is 33.5 Å². The molecule has 2 aromatic rings. The third-order valence-corrected chi connectivity index (χ3v) is 5.04. The smallest absolute Gasteiger partial charge is 0.240 e. The van der Waals surface area contributed by atoms with Crippen LogP contribution in [0.25, 0.3) is 0 Å². The lowest BCUT2D eigenvalue weighted by molar-refractivity contribution is 0.119. The highest BCUT2D eigenvalue weighted by atomic mass is 32.2. The number of methoxy groups -OCH3 is 1. The van der Waals surface area contributed by atoms with Gasteiger partial charge >= 0.3 is 0 Å². The van der Waals surface area contributed by atoms with Crippen molar-refractivity contribution in [3.63, 3.8) is 0 Å². The molecule has 0 radical (unpaired) electrons. The molecule has 0 fully saturated rings. The highest BCUT2D eigenvalue weighted by Gasteiger charge is 2.13. The summed E-state index contributed by atoms with van der Waals surface area (Å²) < 4.78 is 42.9. The van der Waals surface area contributed by atoms with Crippen LogP contribution < -0.4 is 9.46 Å². The Balaban J connectivity index is 1.69. The van der Waals surface area contributed by atoms with Gasteiger partial charge < -0.3 is 14.2 Å². The van der Waals surface area contributed by atoms with Crippen LogP contribution in [0.5, 0.6) is 5.75 Å². The standard InChI is InChI=1S/C19H25NO5S/c1-23-14-15-25-18-8-10-19(11-9-18)26(21,22)20-12-5-13-24-16-17-6-3-2-4-7-17/h2-4,6-11,20H,5,12-16H2,1H3. The van der Waals surface area contributed by atoms with Gasteiger partial charge in [-0.2, -0.15) is 0 Å². The second-order valence-corrected chi connectivity index (χ2v) is 7.37. The van der Waals surface area contributed by atoms with Gasteiger partial charge in [0, 0.05) is 20.3 Å². The van der Waals surface area contributed by atoms with Gasteiger partial charge in [-0.15, -0.1) is 0 Å². The fourth-order valence-electron chi connectivity index (χ4n) is 2.19.